The van der Waals surface area contributed by atoms with Gasteiger partial charge in [0.2, 0.25) is 0 Å². The number of esters is 1. The number of carbonyl (C=O) groups excluding carboxylic acids is 2. The van der Waals surface area contributed by atoms with Gasteiger partial charge in [0, 0.05) is 17.0 Å². The van der Waals surface area contributed by atoms with Crippen molar-refractivity contribution in [3.8, 4) is 5.75 Å². The predicted molar refractivity (Wildman–Crippen MR) is 96.1 cm³/mol. The molecule has 5 nitrogen and oxygen atoms in total. The highest BCUT2D eigenvalue weighted by molar-refractivity contribution is 7.14. The topological polar surface area (TPSA) is 64.6 Å². The summed E-state index contributed by atoms with van der Waals surface area (Å²) in [5.41, 5.74) is 2.12. The molecule has 0 saturated heterocycles. The van der Waals surface area contributed by atoms with Gasteiger partial charge < -0.3 is 14.8 Å². The van der Waals surface area contributed by atoms with Crippen LogP contribution < -0.4 is 10.1 Å². The minimum absolute atomic E-state index is 0.281. The predicted octanol–water partition coefficient (Wildman–Crippen LogP) is 3.11. The molecule has 0 fully saturated rings. The highest BCUT2D eigenvalue weighted by Crippen LogP contribution is 2.30. The smallest absolute Gasteiger partial charge is 0.348 e. The number of hydrogen-bond donors (Lipinski definition) is 1. The molecule has 1 aromatic heterocycles. The van der Waals surface area contributed by atoms with Crippen molar-refractivity contribution >= 4 is 23.2 Å². The molecule has 0 bridgehead atoms. The van der Waals surface area contributed by atoms with Gasteiger partial charge in [0.25, 0.3) is 5.91 Å². The Balaban J connectivity index is 1.48. The zero-order chi connectivity index (χ0) is 17.6. The first-order chi connectivity index (χ1) is 12.2. The van der Waals surface area contributed by atoms with E-state index in [0.29, 0.717) is 17.2 Å². The second kappa shape index (κ2) is 8.16. The van der Waals surface area contributed by atoms with Crippen molar-refractivity contribution in [1.82, 2.24) is 5.32 Å². The second-order valence-electron chi connectivity index (χ2n) is 5.93. The van der Waals surface area contributed by atoms with E-state index < -0.39 is 5.97 Å². The van der Waals surface area contributed by atoms with Gasteiger partial charge in [-0.3, -0.25) is 4.79 Å². The van der Waals surface area contributed by atoms with Crippen molar-refractivity contribution < 1.29 is 19.1 Å². The van der Waals surface area contributed by atoms with E-state index in [2.05, 4.69) is 5.32 Å². The fourth-order valence-electron chi connectivity index (χ4n) is 2.89. The van der Waals surface area contributed by atoms with Crippen molar-refractivity contribution in [2.24, 2.45) is 0 Å². The summed E-state index contributed by atoms with van der Waals surface area (Å²) in [5, 5.41) is 2.74. The maximum atomic E-state index is 12.1. The number of rotatable bonds is 6. The number of benzene rings is 1. The summed E-state index contributed by atoms with van der Waals surface area (Å²) >= 11 is 1.49. The van der Waals surface area contributed by atoms with Crippen LogP contribution in [0.3, 0.4) is 0 Å². The van der Waals surface area contributed by atoms with Gasteiger partial charge in [-0.15, -0.1) is 11.3 Å². The fourth-order valence-corrected chi connectivity index (χ4v) is 4.03. The molecule has 1 aliphatic carbocycles. The number of ether oxygens (including phenoxy) is 2. The van der Waals surface area contributed by atoms with Crippen LogP contribution in [0.1, 0.15) is 38.5 Å². The van der Waals surface area contributed by atoms with Crippen molar-refractivity contribution in [2.75, 3.05) is 13.7 Å². The minimum atomic E-state index is -0.424. The third kappa shape index (κ3) is 4.39. The number of thiophene rings is 1. The van der Waals surface area contributed by atoms with Crippen LogP contribution in [0.5, 0.6) is 5.75 Å². The Bertz CT molecular complexity index is 745. The molecular formula is C19H21NO4S. The van der Waals surface area contributed by atoms with E-state index in [-0.39, 0.29) is 12.5 Å². The molecule has 1 aliphatic rings. The molecule has 0 aliphatic heterocycles. The van der Waals surface area contributed by atoms with Crippen molar-refractivity contribution in [1.29, 1.82) is 0 Å². The SMILES string of the molecule is COc1ccccc1CNC(=O)COC(=O)c1cc2c(s1)CCCC2. The van der Waals surface area contributed by atoms with Crippen LogP contribution in [-0.4, -0.2) is 25.6 Å². The molecular weight excluding hydrogens is 338 g/mol. The summed E-state index contributed by atoms with van der Waals surface area (Å²) in [6.07, 6.45) is 4.40. The van der Waals surface area contributed by atoms with E-state index in [9.17, 15) is 9.59 Å². The number of aryl methyl sites for hydroxylation is 2. The van der Waals surface area contributed by atoms with Gasteiger partial charge in [0.1, 0.15) is 10.6 Å². The standard InChI is InChI=1S/C19H21NO4S/c1-23-15-8-4-2-7-14(15)11-20-18(21)12-24-19(22)17-10-13-6-3-5-9-16(13)25-17/h2,4,7-8,10H,3,5-6,9,11-12H2,1H3,(H,20,21). The highest BCUT2D eigenvalue weighted by atomic mass is 32.1. The Morgan fingerprint density at radius 1 is 1.20 bits per heavy atom. The first-order valence-corrected chi connectivity index (χ1v) is 9.16. The summed E-state index contributed by atoms with van der Waals surface area (Å²) in [5.74, 6) is -0.0450. The molecule has 0 unspecified atom stereocenters. The summed E-state index contributed by atoms with van der Waals surface area (Å²) in [7, 11) is 1.59. The van der Waals surface area contributed by atoms with E-state index in [1.54, 1.807) is 7.11 Å². The Labute approximate surface area is 151 Å². The largest absolute Gasteiger partial charge is 0.496 e. The first-order valence-electron chi connectivity index (χ1n) is 8.34. The molecule has 1 aromatic carbocycles. The van der Waals surface area contributed by atoms with Crippen LogP contribution in [0.15, 0.2) is 30.3 Å². The Morgan fingerprint density at radius 3 is 2.80 bits per heavy atom. The first kappa shape index (κ1) is 17.5. The van der Waals surface area contributed by atoms with Crippen molar-refractivity contribution in [2.45, 2.75) is 32.2 Å². The van der Waals surface area contributed by atoms with Gasteiger partial charge >= 0.3 is 5.97 Å². The number of nitrogens with one attached hydrogen (secondary N) is 1. The van der Waals surface area contributed by atoms with Crippen molar-refractivity contribution in [3.63, 3.8) is 0 Å². The normalized spacial score (nSPS) is 13.0. The number of para-hydroxylation sites is 1. The molecule has 132 valence electrons. The van der Waals surface area contributed by atoms with E-state index in [4.69, 9.17) is 9.47 Å². The van der Waals surface area contributed by atoms with Gasteiger partial charge in [-0.05, 0) is 43.4 Å². The van der Waals surface area contributed by atoms with Crippen molar-refractivity contribution in [3.05, 3.63) is 51.2 Å². The molecule has 3 rings (SSSR count). The van der Waals surface area contributed by atoms with Gasteiger partial charge in [-0.2, -0.15) is 0 Å². The van der Waals surface area contributed by atoms with Crippen LogP contribution in [0.25, 0.3) is 0 Å². The lowest BCUT2D eigenvalue weighted by Crippen LogP contribution is -2.28. The van der Waals surface area contributed by atoms with Gasteiger partial charge in [-0.25, -0.2) is 4.79 Å². The van der Waals surface area contributed by atoms with Crippen LogP contribution in [0.4, 0.5) is 0 Å². The molecule has 0 saturated carbocycles. The number of amides is 1. The van der Waals surface area contributed by atoms with Crippen LogP contribution in [0, 0.1) is 0 Å². The minimum Gasteiger partial charge on any atom is -0.496 e. The Hall–Kier alpha value is -2.34. The number of methoxy groups -OCH3 is 1. The number of hydrogen-bond acceptors (Lipinski definition) is 5. The summed E-state index contributed by atoms with van der Waals surface area (Å²) in [6, 6.07) is 9.37. The fraction of sp³-hybridized carbons (Fsp3) is 0.368. The summed E-state index contributed by atoms with van der Waals surface area (Å²) in [6.45, 7) is 0.0459. The second-order valence-corrected chi connectivity index (χ2v) is 7.07. The summed E-state index contributed by atoms with van der Waals surface area (Å²) < 4.78 is 10.4. The molecule has 0 radical (unpaired) electrons. The maximum Gasteiger partial charge on any atom is 0.348 e. The Kier molecular flexibility index (Phi) is 5.71. The van der Waals surface area contributed by atoms with E-state index in [0.717, 1.165) is 18.4 Å². The third-order valence-electron chi connectivity index (χ3n) is 4.20. The lowest BCUT2D eigenvalue weighted by atomic mass is 9.99. The molecule has 1 amide bonds. The van der Waals surface area contributed by atoms with Gasteiger partial charge in [-0.1, -0.05) is 18.2 Å². The third-order valence-corrected chi connectivity index (χ3v) is 5.42. The summed E-state index contributed by atoms with van der Waals surface area (Å²) in [4.78, 5) is 25.9. The average Bonchev–Trinajstić information content (AvgIpc) is 3.09. The van der Waals surface area contributed by atoms with Crippen LogP contribution in [0.2, 0.25) is 0 Å². The van der Waals surface area contributed by atoms with E-state index in [1.807, 2.05) is 30.3 Å². The molecule has 1 N–H and O–H groups in total. The van der Waals surface area contributed by atoms with E-state index in [1.165, 1.54) is 34.6 Å². The highest BCUT2D eigenvalue weighted by Gasteiger charge is 2.18. The lowest BCUT2D eigenvalue weighted by molar-refractivity contribution is -0.124. The lowest BCUT2D eigenvalue weighted by Gasteiger charge is -2.09. The molecule has 25 heavy (non-hydrogen) atoms. The van der Waals surface area contributed by atoms with Gasteiger partial charge in [0.05, 0.1) is 7.11 Å². The molecule has 6 heteroatoms. The maximum absolute atomic E-state index is 12.1. The monoisotopic (exact) mass is 359 g/mol. The average molecular weight is 359 g/mol. The molecule has 0 atom stereocenters. The molecule has 0 spiro atoms. The number of carbonyl (C=O) groups is 2. The molecule has 1 heterocycles. The quantitative estimate of drug-likeness (QED) is 0.805. The zero-order valence-electron chi connectivity index (χ0n) is 14.2. The van der Waals surface area contributed by atoms with Crippen LogP contribution >= 0.6 is 11.3 Å². The zero-order valence-corrected chi connectivity index (χ0v) is 15.0. The number of fused-ring (bicyclic) bond motifs is 1. The Morgan fingerprint density at radius 2 is 2.00 bits per heavy atom. The van der Waals surface area contributed by atoms with E-state index >= 15 is 0 Å². The van der Waals surface area contributed by atoms with Gasteiger partial charge in [0.15, 0.2) is 6.61 Å². The van der Waals surface area contributed by atoms with Crippen LogP contribution in [-0.2, 0) is 28.9 Å². The molecule has 2 aromatic rings.